The number of aryl methyl sites for hydroxylation is 2. The lowest BCUT2D eigenvalue weighted by molar-refractivity contribution is -0.120. The molecule has 0 fully saturated rings. The van der Waals surface area contributed by atoms with Crippen molar-refractivity contribution in [3.63, 3.8) is 0 Å². The van der Waals surface area contributed by atoms with Crippen LogP contribution in [0.2, 0.25) is 0 Å². The van der Waals surface area contributed by atoms with Crippen molar-refractivity contribution in [2.45, 2.75) is 32.6 Å². The molecule has 0 heterocycles. The van der Waals surface area contributed by atoms with Gasteiger partial charge in [-0.25, -0.2) is 5.43 Å². The summed E-state index contributed by atoms with van der Waals surface area (Å²) in [7, 11) is 1.69. The maximum absolute atomic E-state index is 12.6. The van der Waals surface area contributed by atoms with Gasteiger partial charge in [0.25, 0.3) is 0 Å². The van der Waals surface area contributed by atoms with Crippen LogP contribution >= 0.6 is 0 Å². The van der Waals surface area contributed by atoms with Crippen LogP contribution in [0.4, 0.5) is 0 Å². The van der Waals surface area contributed by atoms with Gasteiger partial charge in [0, 0.05) is 5.56 Å². The van der Waals surface area contributed by atoms with Gasteiger partial charge >= 0.3 is 0 Å². The van der Waals surface area contributed by atoms with Gasteiger partial charge in [-0.15, -0.1) is 0 Å². The predicted molar refractivity (Wildman–Crippen MR) is 113 cm³/mol. The third kappa shape index (κ3) is 3.63. The number of carbonyl (C=O) groups excluding carboxylic acids is 1. The summed E-state index contributed by atoms with van der Waals surface area (Å²) < 4.78 is 5.39. The smallest absolute Gasteiger partial charge is 0.244 e. The highest BCUT2D eigenvalue weighted by Gasteiger charge is 2.19. The van der Waals surface area contributed by atoms with Gasteiger partial charge in [-0.2, -0.15) is 5.10 Å². The number of nitrogens with zero attached hydrogens (tertiary/aromatic N) is 1. The number of amides is 1. The maximum atomic E-state index is 12.6. The highest BCUT2D eigenvalue weighted by molar-refractivity contribution is 6.04. The summed E-state index contributed by atoms with van der Waals surface area (Å²) in [5.41, 5.74) is 8.27. The molecular formula is C24H24N2O2. The minimum Gasteiger partial charge on any atom is -0.497 e. The average molecular weight is 372 g/mol. The summed E-state index contributed by atoms with van der Waals surface area (Å²) >= 11 is 0. The van der Waals surface area contributed by atoms with Crippen LogP contribution in [0.15, 0.2) is 59.7 Å². The highest BCUT2D eigenvalue weighted by atomic mass is 16.5. The van der Waals surface area contributed by atoms with Crippen LogP contribution in [0.1, 0.15) is 35.1 Å². The van der Waals surface area contributed by atoms with Gasteiger partial charge in [0.2, 0.25) is 5.91 Å². The summed E-state index contributed by atoms with van der Waals surface area (Å²) in [5, 5.41) is 6.75. The maximum Gasteiger partial charge on any atom is 0.244 e. The molecule has 3 aromatic carbocycles. The summed E-state index contributed by atoms with van der Waals surface area (Å²) in [6.45, 7) is 2.07. The van der Waals surface area contributed by atoms with Crippen molar-refractivity contribution in [2.24, 2.45) is 5.10 Å². The van der Waals surface area contributed by atoms with Crippen LogP contribution in [0, 0.1) is 6.92 Å². The van der Waals surface area contributed by atoms with E-state index in [0.29, 0.717) is 6.42 Å². The van der Waals surface area contributed by atoms with E-state index in [9.17, 15) is 4.79 Å². The summed E-state index contributed by atoms with van der Waals surface area (Å²) in [4.78, 5) is 12.6. The van der Waals surface area contributed by atoms with Gasteiger partial charge in [0.1, 0.15) is 5.75 Å². The molecule has 4 rings (SSSR count). The van der Waals surface area contributed by atoms with Crippen LogP contribution in [0.5, 0.6) is 5.75 Å². The van der Waals surface area contributed by atoms with E-state index in [0.717, 1.165) is 58.2 Å². The highest BCUT2D eigenvalue weighted by Crippen LogP contribution is 2.29. The van der Waals surface area contributed by atoms with E-state index in [1.165, 1.54) is 5.56 Å². The van der Waals surface area contributed by atoms with E-state index in [2.05, 4.69) is 41.7 Å². The Morgan fingerprint density at radius 3 is 2.79 bits per heavy atom. The Kier molecular flexibility index (Phi) is 5.11. The Labute approximate surface area is 165 Å². The molecule has 142 valence electrons. The number of hydrogen-bond acceptors (Lipinski definition) is 3. The third-order valence-electron chi connectivity index (χ3n) is 5.32. The Bertz CT molecular complexity index is 1060. The number of carbonyl (C=O) groups is 1. The lowest BCUT2D eigenvalue weighted by atomic mass is 9.87. The zero-order valence-electron chi connectivity index (χ0n) is 16.3. The SMILES string of the molecule is COc1cc(C)c2c(c1)CCCC2=NNC(=O)Cc1cccc2ccccc12. The lowest BCUT2D eigenvalue weighted by Crippen LogP contribution is -2.24. The molecule has 28 heavy (non-hydrogen) atoms. The first-order chi connectivity index (χ1) is 13.7. The Hall–Kier alpha value is -3.14. The first-order valence-corrected chi connectivity index (χ1v) is 9.65. The second kappa shape index (κ2) is 7.85. The molecule has 0 saturated carbocycles. The van der Waals surface area contributed by atoms with E-state index < -0.39 is 0 Å². The Balaban J connectivity index is 1.54. The van der Waals surface area contributed by atoms with Gasteiger partial charge < -0.3 is 4.74 Å². The van der Waals surface area contributed by atoms with Crippen molar-refractivity contribution < 1.29 is 9.53 Å². The number of hydrazone groups is 1. The summed E-state index contributed by atoms with van der Waals surface area (Å²) in [5.74, 6) is 0.777. The Morgan fingerprint density at radius 1 is 1.11 bits per heavy atom. The van der Waals surface area contributed by atoms with Crippen LogP contribution < -0.4 is 10.2 Å². The zero-order chi connectivity index (χ0) is 19.5. The van der Waals surface area contributed by atoms with Gasteiger partial charge in [0.05, 0.1) is 19.2 Å². The van der Waals surface area contributed by atoms with E-state index in [1.54, 1.807) is 7.11 Å². The van der Waals surface area contributed by atoms with Gasteiger partial charge in [-0.1, -0.05) is 42.5 Å². The summed E-state index contributed by atoms with van der Waals surface area (Å²) in [6.07, 6.45) is 3.22. The number of nitrogens with one attached hydrogen (secondary N) is 1. The molecule has 0 saturated heterocycles. The molecule has 1 N–H and O–H groups in total. The molecule has 4 heteroatoms. The molecule has 1 aliphatic carbocycles. The van der Waals surface area contributed by atoms with Gasteiger partial charge in [0.15, 0.2) is 0 Å². The summed E-state index contributed by atoms with van der Waals surface area (Å²) in [6, 6.07) is 18.3. The molecule has 3 aromatic rings. The van der Waals surface area contributed by atoms with Crippen LogP contribution in [0.25, 0.3) is 10.8 Å². The molecule has 0 radical (unpaired) electrons. The molecule has 1 aliphatic rings. The predicted octanol–water partition coefficient (Wildman–Crippen LogP) is 4.56. The first kappa shape index (κ1) is 18.2. The zero-order valence-corrected chi connectivity index (χ0v) is 16.3. The van der Waals surface area contributed by atoms with Crippen LogP contribution in [0.3, 0.4) is 0 Å². The molecule has 0 aromatic heterocycles. The largest absolute Gasteiger partial charge is 0.497 e. The molecule has 0 spiro atoms. The number of benzene rings is 3. The van der Waals surface area contributed by atoms with Crippen molar-refractivity contribution in [1.29, 1.82) is 0 Å². The van der Waals surface area contributed by atoms with E-state index in [1.807, 2.05) is 30.3 Å². The molecular weight excluding hydrogens is 348 g/mol. The van der Waals surface area contributed by atoms with Crippen molar-refractivity contribution in [1.82, 2.24) is 5.43 Å². The van der Waals surface area contributed by atoms with Crippen molar-refractivity contribution in [3.8, 4) is 5.75 Å². The quantitative estimate of drug-likeness (QED) is 0.683. The molecule has 0 aliphatic heterocycles. The number of fused-ring (bicyclic) bond motifs is 2. The molecule has 0 unspecified atom stereocenters. The molecule has 1 amide bonds. The van der Waals surface area contributed by atoms with E-state index in [4.69, 9.17) is 4.74 Å². The number of rotatable bonds is 4. The monoisotopic (exact) mass is 372 g/mol. The minimum atomic E-state index is -0.0952. The second-order valence-corrected chi connectivity index (χ2v) is 7.24. The fraction of sp³-hybridized carbons (Fsp3) is 0.250. The fourth-order valence-electron chi connectivity index (χ4n) is 4.02. The van der Waals surface area contributed by atoms with Crippen molar-refractivity contribution in [2.75, 3.05) is 7.11 Å². The number of methoxy groups -OCH3 is 1. The second-order valence-electron chi connectivity index (χ2n) is 7.24. The lowest BCUT2D eigenvalue weighted by Gasteiger charge is -2.21. The van der Waals surface area contributed by atoms with Crippen molar-refractivity contribution >= 4 is 22.4 Å². The van der Waals surface area contributed by atoms with Crippen LogP contribution in [-0.4, -0.2) is 18.7 Å². The fourth-order valence-corrected chi connectivity index (χ4v) is 4.02. The Morgan fingerprint density at radius 2 is 1.93 bits per heavy atom. The average Bonchev–Trinajstić information content (AvgIpc) is 2.72. The van der Waals surface area contributed by atoms with Crippen LogP contribution in [-0.2, 0) is 17.6 Å². The molecule has 0 atom stereocenters. The third-order valence-corrected chi connectivity index (χ3v) is 5.32. The topological polar surface area (TPSA) is 50.7 Å². The van der Waals surface area contributed by atoms with Gasteiger partial charge in [-0.3, -0.25) is 4.79 Å². The standard InChI is InChI=1S/C24H24N2O2/c1-16-13-20(28-2)14-19-10-6-12-22(24(16)19)25-26-23(27)15-18-9-5-8-17-7-3-4-11-21(17)18/h3-5,7-9,11,13-14H,6,10,12,15H2,1-2H3,(H,26,27). The molecule has 4 nitrogen and oxygen atoms in total. The van der Waals surface area contributed by atoms with E-state index in [-0.39, 0.29) is 5.91 Å². The van der Waals surface area contributed by atoms with E-state index >= 15 is 0 Å². The first-order valence-electron chi connectivity index (χ1n) is 9.65. The number of hydrogen-bond donors (Lipinski definition) is 1. The number of ether oxygens (including phenoxy) is 1. The molecule has 0 bridgehead atoms. The van der Waals surface area contributed by atoms with Crippen molar-refractivity contribution in [3.05, 3.63) is 76.9 Å². The normalized spacial score (nSPS) is 14.7. The minimum absolute atomic E-state index is 0.0952. The van der Waals surface area contributed by atoms with Gasteiger partial charge in [-0.05, 0) is 65.8 Å².